The second-order valence-electron chi connectivity index (χ2n) is 4.74. The molecule has 1 aromatic heterocycles. The number of benzene rings is 2. The van der Waals surface area contributed by atoms with Gasteiger partial charge in [0.15, 0.2) is 0 Å². The normalized spacial score (nSPS) is 10.3. The summed E-state index contributed by atoms with van der Waals surface area (Å²) in [5.41, 5.74) is 2.45. The molecule has 3 aromatic rings. The fourth-order valence-corrected chi connectivity index (χ4v) is 2.06. The lowest BCUT2D eigenvalue weighted by atomic mass is 10.2. The summed E-state index contributed by atoms with van der Waals surface area (Å²) in [5, 5.41) is 17.1. The molecule has 2 amide bonds. The summed E-state index contributed by atoms with van der Waals surface area (Å²) in [6.45, 7) is 0.422. The van der Waals surface area contributed by atoms with Crippen molar-refractivity contribution in [3.8, 4) is 5.69 Å². The molecular weight excluding hydrogens is 316 g/mol. The summed E-state index contributed by atoms with van der Waals surface area (Å²) in [4.78, 5) is 11.9. The molecule has 0 aliphatic heterocycles. The van der Waals surface area contributed by atoms with Crippen molar-refractivity contribution in [2.24, 2.45) is 0 Å². The molecular formula is C15H13ClN6O. The average Bonchev–Trinajstić information content (AvgIpc) is 3.09. The Balaban J connectivity index is 1.54. The van der Waals surface area contributed by atoms with Crippen LogP contribution in [0, 0.1) is 0 Å². The zero-order valence-electron chi connectivity index (χ0n) is 12.0. The van der Waals surface area contributed by atoms with Crippen LogP contribution in [-0.4, -0.2) is 26.2 Å². The van der Waals surface area contributed by atoms with Crippen LogP contribution in [0.15, 0.2) is 54.9 Å². The standard InChI is InChI=1S/C15H13ClN6O/c16-12-3-1-11(2-4-12)9-17-15(23)19-13-5-7-14(8-6-13)22-10-18-20-21-22/h1-8,10H,9H2,(H2,17,19,23). The SMILES string of the molecule is O=C(NCc1ccc(Cl)cc1)Nc1ccc(-n2cnnn2)cc1. The minimum atomic E-state index is -0.282. The van der Waals surface area contributed by atoms with Gasteiger partial charge in [0.2, 0.25) is 0 Å². The molecule has 0 saturated carbocycles. The van der Waals surface area contributed by atoms with Crippen LogP contribution in [-0.2, 0) is 6.54 Å². The molecule has 7 nitrogen and oxygen atoms in total. The molecule has 1 heterocycles. The fourth-order valence-electron chi connectivity index (χ4n) is 1.94. The van der Waals surface area contributed by atoms with Crippen LogP contribution in [0.2, 0.25) is 5.02 Å². The highest BCUT2D eigenvalue weighted by molar-refractivity contribution is 6.30. The van der Waals surface area contributed by atoms with Crippen molar-refractivity contribution < 1.29 is 4.79 Å². The number of anilines is 1. The Kier molecular flexibility index (Phi) is 4.49. The largest absolute Gasteiger partial charge is 0.334 e. The first-order valence-corrected chi connectivity index (χ1v) is 7.21. The van der Waals surface area contributed by atoms with Gasteiger partial charge in [-0.1, -0.05) is 23.7 Å². The van der Waals surface area contributed by atoms with Crippen molar-refractivity contribution >= 4 is 23.3 Å². The number of hydrogen-bond acceptors (Lipinski definition) is 4. The average molecular weight is 329 g/mol. The van der Waals surface area contributed by atoms with E-state index in [1.54, 1.807) is 24.3 Å². The van der Waals surface area contributed by atoms with Crippen LogP contribution in [0.1, 0.15) is 5.56 Å². The van der Waals surface area contributed by atoms with Gasteiger partial charge in [0.1, 0.15) is 6.33 Å². The fraction of sp³-hybridized carbons (Fsp3) is 0.0667. The molecule has 0 fully saturated rings. The van der Waals surface area contributed by atoms with Crippen molar-refractivity contribution in [3.63, 3.8) is 0 Å². The third-order valence-corrected chi connectivity index (χ3v) is 3.36. The van der Waals surface area contributed by atoms with Gasteiger partial charge < -0.3 is 10.6 Å². The highest BCUT2D eigenvalue weighted by Crippen LogP contribution is 2.12. The number of halogens is 1. The minimum absolute atomic E-state index is 0.282. The summed E-state index contributed by atoms with van der Waals surface area (Å²) in [7, 11) is 0. The Labute approximate surface area is 137 Å². The Hall–Kier alpha value is -2.93. The molecule has 0 radical (unpaired) electrons. The lowest BCUT2D eigenvalue weighted by Crippen LogP contribution is -2.28. The predicted molar refractivity (Wildman–Crippen MR) is 86.5 cm³/mol. The maximum Gasteiger partial charge on any atom is 0.319 e. The summed E-state index contributed by atoms with van der Waals surface area (Å²) in [5.74, 6) is 0. The van der Waals surface area contributed by atoms with E-state index >= 15 is 0 Å². The number of urea groups is 1. The lowest BCUT2D eigenvalue weighted by molar-refractivity contribution is 0.251. The second kappa shape index (κ2) is 6.89. The summed E-state index contributed by atoms with van der Waals surface area (Å²) >= 11 is 5.82. The smallest absolute Gasteiger partial charge is 0.319 e. The van der Waals surface area contributed by atoms with Crippen LogP contribution in [0.3, 0.4) is 0 Å². The number of rotatable bonds is 4. The molecule has 0 aliphatic rings. The first-order valence-electron chi connectivity index (χ1n) is 6.83. The van der Waals surface area contributed by atoms with E-state index in [4.69, 9.17) is 11.6 Å². The third-order valence-electron chi connectivity index (χ3n) is 3.11. The van der Waals surface area contributed by atoms with Crippen LogP contribution >= 0.6 is 11.6 Å². The number of nitrogens with zero attached hydrogens (tertiary/aromatic N) is 4. The monoisotopic (exact) mass is 328 g/mol. The van der Waals surface area contributed by atoms with Gasteiger partial charge in [-0.3, -0.25) is 0 Å². The van der Waals surface area contributed by atoms with Gasteiger partial charge >= 0.3 is 6.03 Å². The number of hydrogen-bond donors (Lipinski definition) is 2. The van der Waals surface area contributed by atoms with Gasteiger partial charge in [-0.05, 0) is 52.4 Å². The van der Waals surface area contributed by atoms with Crippen molar-refractivity contribution in [2.45, 2.75) is 6.54 Å². The second-order valence-corrected chi connectivity index (χ2v) is 5.17. The van der Waals surface area contributed by atoms with E-state index in [-0.39, 0.29) is 6.03 Å². The quantitative estimate of drug-likeness (QED) is 0.771. The Morgan fingerprint density at radius 3 is 2.48 bits per heavy atom. The van der Waals surface area contributed by atoms with E-state index in [1.165, 1.54) is 11.0 Å². The summed E-state index contributed by atoms with van der Waals surface area (Å²) in [6.07, 6.45) is 1.50. The molecule has 3 rings (SSSR count). The van der Waals surface area contributed by atoms with E-state index in [1.807, 2.05) is 24.3 Å². The number of nitrogens with one attached hydrogen (secondary N) is 2. The van der Waals surface area contributed by atoms with Crippen molar-refractivity contribution in [2.75, 3.05) is 5.32 Å². The van der Waals surface area contributed by atoms with E-state index < -0.39 is 0 Å². The van der Waals surface area contributed by atoms with Crippen LogP contribution < -0.4 is 10.6 Å². The summed E-state index contributed by atoms with van der Waals surface area (Å²) in [6, 6.07) is 14.2. The van der Waals surface area contributed by atoms with Gasteiger partial charge in [-0.2, -0.15) is 0 Å². The van der Waals surface area contributed by atoms with Gasteiger partial charge in [-0.25, -0.2) is 9.48 Å². The molecule has 23 heavy (non-hydrogen) atoms. The van der Waals surface area contributed by atoms with E-state index in [2.05, 4.69) is 26.2 Å². The van der Waals surface area contributed by atoms with E-state index in [9.17, 15) is 4.79 Å². The number of carbonyl (C=O) groups excluding carboxylic acids is 1. The van der Waals surface area contributed by atoms with E-state index in [0.717, 1.165) is 11.3 Å². The molecule has 2 aromatic carbocycles. The molecule has 2 N–H and O–H groups in total. The Morgan fingerprint density at radius 1 is 1.09 bits per heavy atom. The summed E-state index contributed by atoms with van der Waals surface area (Å²) < 4.78 is 1.53. The zero-order valence-corrected chi connectivity index (χ0v) is 12.7. The molecule has 0 bridgehead atoms. The Morgan fingerprint density at radius 2 is 1.83 bits per heavy atom. The van der Waals surface area contributed by atoms with Crippen molar-refractivity contribution in [1.82, 2.24) is 25.5 Å². The van der Waals surface area contributed by atoms with Gasteiger partial charge in [-0.15, -0.1) is 5.10 Å². The maximum atomic E-state index is 11.9. The molecule has 0 aliphatic carbocycles. The topological polar surface area (TPSA) is 84.7 Å². The molecule has 8 heteroatoms. The maximum absolute atomic E-state index is 11.9. The number of carbonyl (C=O) groups is 1. The molecule has 0 saturated heterocycles. The first-order chi connectivity index (χ1) is 11.2. The Bertz CT molecular complexity index is 771. The van der Waals surface area contributed by atoms with Crippen LogP contribution in [0.4, 0.5) is 10.5 Å². The van der Waals surface area contributed by atoms with Crippen LogP contribution in [0.25, 0.3) is 5.69 Å². The van der Waals surface area contributed by atoms with Crippen molar-refractivity contribution in [3.05, 3.63) is 65.4 Å². The third kappa shape index (κ3) is 4.04. The van der Waals surface area contributed by atoms with Gasteiger partial charge in [0, 0.05) is 17.3 Å². The number of tetrazole rings is 1. The predicted octanol–water partition coefficient (Wildman–Crippen LogP) is 2.64. The number of amides is 2. The molecule has 0 atom stereocenters. The molecule has 116 valence electrons. The highest BCUT2D eigenvalue weighted by atomic mass is 35.5. The highest BCUT2D eigenvalue weighted by Gasteiger charge is 2.03. The van der Waals surface area contributed by atoms with Gasteiger partial charge in [0.05, 0.1) is 5.69 Å². The minimum Gasteiger partial charge on any atom is -0.334 e. The molecule has 0 unspecified atom stereocenters. The van der Waals surface area contributed by atoms with Gasteiger partial charge in [0.25, 0.3) is 0 Å². The van der Waals surface area contributed by atoms with E-state index in [0.29, 0.717) is 17.3 Å². The molecule has 0 spiro atoms. The number of aromatic nitrogens is 4. The first kappa shape index (κ1) is 15.0. The zero-order chi connectivity index (χ0) is 16.1. The van der Waals surface area contributed by atoms with Crippen molar-refractivity contribution in [1.29, 1.82) is 0 Å². The lowest BCUT2D eigenvalue weighted by Gasteiger charge is -2.08. The van der Waals surface area contributed by atoms with Crippen LogP contribution in [0.5, 0.6) is 0 Å².